The Balaban J connectivity index is 2.30. The van der Waals surface area contributed by atoms with Gasteiger partial charge in [0.2, 0.25) is 0 Å². The van der Waals surface area contributed by atoms with Gasteiger partial charge >= 0.3 is 5.97 Å². The minimum Gasteiger partial charge on any atom is -0.481 e. The Hall–Kier alpha value is -1.36. The Kier molecular flexibility index (Phi) is 3.64. The van der Waals surface area contributed by atoms with Crippen LogP contribution in [0.4, 0.5) is 0 Å². The fourth-order valence-electron chi connectivity index (χ4n) is 1.11. The van der Waals surface area contributed by atoms with Crippen molar-refractivity contribution < 1.29 is 14.4 Å². The number of carboxylic acids is 1. The number of nitrogens with one attached hydrogen (secondary N) is 1. The monoisotopic (exact) mass is 198 g/mol. The van der Waals surface area contributed by atoms with Crippen molar-refractivity contribution in [2.45, 2.75) is 32.9 Å². The predicted octanol–water partition coefficient (Wildman–Crippen LogP) is 0.936. The fraction of sp³-hybridized carbons (Fsp3) is 0.556. The van der Waals surface area contributed by atoms with Gasteiger partial charge in [0, 0.05) is 12.1 Å². The van der Waals surface area contributed by atoms with E-state index in [1.165, 1.54) is 0 Å². The first-order valence-electron chi connectivity index (χ1n) is 4.45. The summed E-state index contributed by atoms with van der Waals surface area (Å²) in [4.78, 5) is 10.3. The first kappa shape index (κ1) is 10.7. The number of hydrogen-bond donors (Lipinski definition) is 2. The molecular formula is C9H14N2O3. The molecule has 5 heteroatoms. The molecule has 0 aliphatic heterocycles. The van der Waals surface area contributed by atoms with Crippen LogP contribution in [0.5, 0.6) is 0 Å². The molecule has 5 nitrogen and oxygen atoms in total. The SMILES string of the molecule is Cc1cc(CNC(C)CC(=O)O)on1. The average molecular weight is 198 g/mol. The van der Waals surface area contributed by atoms with Gasteiger partial charge in [0.15, 0.2) is 5.76 Å². The third-order valence-electron chi connectivity index (χ3n) is 1.78. The summed E-state index contributed by atoms with van der Waals surface area (Å²) in [5.74, 6) is -0.0847. The van der Waals surface area contributed by atoms with Crippen LogP contribution in [0.2, 0.25) is 0 Å². The number of carbonyl (C=O) groups is 1. The Bertz CT molecular complexity index is 309. The molecule has 2 N–H and O–H groups in total. The highest BCUT2D eigenvalue weighted by molar-refractivity contribution is 5.67. The Morgan fingerprint density at radius 1 is 1.79 bits per heavy atom. The minimum absolute atomic E-state index is 0.0714. The lowest BCUT2D eigenvalue weighted by Crippen LogP contribution is -2.27. The van der Waals surface area contributed by atoms with Gasteiger partial charge in [0.1, 0.15) is 0 Å². The maximum atomic E-state index is 10.3. The first-order valence-corrected chi connectivity index (χ1v) is 4.45. The standard InChI is InChI=1S/C9H14N2O3/c1-6(4-9(12)13)10-5-8-3-7(2)11-14-8/h3,6,10H,4-5H2,1-2H3,(H,12,13). The van der Waals surface area contributed by atoms with Crippen LogP contribution < -0.4 is 5.32 Å². The number of nitrogens with zero attached hydrogens (tertiary/aromatic N) is 1. The van der Waals surface area contributed by atoms with Gasteiger partial charge < -0.3 is 14.9 Å². The predicted molar refractivity (Wildman–Crippen MR) is 49.8 cm³/mol. The van der Waals surface area contributed by atoms with Crippen molar-refractivity contribution in [2.75, 3.05) is 0 Å². The lowest BCUT2D eigenvalue weighted by atomic mass is 10.2. The van der Waals surface area contributed by atoms with E-state index in [4.69, 9.17) is 9.63 Å². The van der Waals surface area contributed by atoms with Crippen LogP contribution in [0.25, 0.3) is 0 Å². The van der Waals surface area contributed by atoms with Crippen molar-refractivity contribution in [1.82, 2.24) is 10.5 Å². The molecule has 0 aromatic carbocycles. The van der Waals surface area contributed by atoms with E-state index in [1.807, 2.05) is 19.9 Å². The molecule has 0 bridgehead atoms. The first-order chi connectivity index (χ1) is 6.58. The van der Waals surface area contributed by atoms with Gasteiger partial charge in [-0.05, 0) is 13.8 Å². The van der Waals surface area contributed by atoms with Crippen LogP contribution in [0.3, 0.4) is 0 Å². The molecule has 78 valence electrons. The second-order valence-electron chi connectivity index (χ2n) is 3.31. The van der Waals surface area contributed by atoms with Gasteiger partial charge in [-0.15, -0.1) is 0 Å². The number of rotatable bonds is 5. The molecule has 0 amide bonds. The van der Waals surface area contributed by atoms with Crippen molar-refractivity contribution in [3.05, 3.63) is 17.5 Å². The number of aryl methyl sites for hydroxylation is 1. The largest absolute Gasteiger partial charge is 0.481 e. The Morgan fingerprint density at radius 3 is 3.00 bits per heavy atom. The van der Waals surface area contributed by atoms with E-state index in [2.05, 4.69) is 10.5 Å². The fourth-order valence-corrected chi connectivity index (χ4v) is 1.11. The van der Waals surface area contributed by atoms with Crippen molar-refractivity contribution >= 4 is 5.97 Å². The third-order valence-corrected chi connectivity index (χ3v) is 1.78. The van der Waals surface area contributed by atoms with Crippen LogP contribution in [-0.2, 0) is 11.3 Å². The second-order valence-corrected chi connectivity index (χ2v) is 3.31. The van der Waals surface area contributed by atoms with Crippen LogP contribution >= 0.6 is 0 Å². The van der Waals surface area contributed by atoms with E-state index < -0.39 is 5.97 Å². The summed E-state index contributed by atoms with van der Waals surface area (Å²) in [6.45, 7) is 4.17. The average Bonchev–Trinajstić information content (AvgIpc) is 2.47. The van der Waals surface area contributed by atoms with Gasteiger partial charge in [-0.3, -0.25) is 4.79 Å². The zero-order valence-electron chi connectivity index (χ0n) is 8.28. The molecule has 1 rings (SSSR count). The molecule has 1 aromatic heterocycles. The molecule has 0 radical (unpaired) electrons. The molecule has 14 heavy (non-hydrogen) atoms. The summed E-state index contributed by atoms with van der Waals surface area (Å²) >= 11 is 0. The highest BCUT2D eigenvalue weighted by Crippen LogP contribution is 2.02. The molecule has 0 aliphatic rings. The zero-order valence-corrected chi connectivity index (χ0v) is 8.28. The van der Waals surface area contributed by atoms with Gasteiger partial charge in [0.25, 0.3) is 0 Å². The summed E-state index contributed by atoms with van der Waals surface area (Å²) in [7, 11) is 0. The van der Waals surface area contributed by atoms with Gasteiger partial charge in [-0.1, -0.05) is 5.16 Å². The Morgan fingerprint density at radius 2 is 2.50 bits per heavy atom. The van der Waals surface area contributed by atoms with E-state index in [0.717, 1.165) is 11.5 Å². The van der Waals surface area contributed by atoms with E-state index in [0.29, 0.717) is 6.54 Å². The molecule has 1 atom stereocenters. The van der Waals surface area contributed by atoms with Crippen molar-refractivity contribution in [2.24, 2.45) is 0 Å². The van der Waals surface area contributed by atoms with Gasteiger partial charge in [-0.25, -0.2) is 0 Å². The number of aromatic nitrogens is 1. The topological polar surface area (TPSA) is 75.4 Å². The molecular weight excluding hydrogens is 184 g/mol. The molecule has 1 heterocycles. The van der Waals surface area contributed by atoms with Gasteiger partial charge in [0.05, 0.1) is 18.7 Å². The van der Waals surface area contributed by atoms with Crippen molar-refractivity contribution in [1.29, 1.82) is 0 Å². The molecule has 0 saturated heterocycles. The summed E-state index contributed by atoms with van der Waals surface area (Å²) in [6, 6.07) is 1.75. The lowest BCUT2D eigenvalue weighted by molar-refractivity contribution is -0.137. The van der Waals surface area contributed by atoms with E-state index >= 15 is 0 Å². The van der Waals surface area contributed by atoms with Gasteiger partial charge in [-0.2, -0.15) is 0 Å². The molecule has 0 aliphatic carbocycles. The molecule has 0 spiro atoms. The van der Waals surface area contributed by atoms with Crippen LogP contribution in [0.1, 0.15) is 24.8 Å². The van der Waals surface area contributed by atoms with Crippen LogP contribution in [0, 0.1) is 6.92 Å². The van der Waals surface area contributed by atoms with Crippen LogP contribution in [-0.4, -0.2) is 22.3 Å². The van der Waals surface area contributed by atoms with E-state index in [-0.39, 0.29) is 12.5 Å². The lowest BCUT2D eigenvalue weighted by Gasteiger charge is -2.08. The second kappa shape index (κ2) is 4.76. The zero-order chi connectivity index (χ0) is 10.6. The summed E-state index contributed by atoms with van der Waals surface area (Å²) in [6.07, 6.45) is 0.104. The van der Waals surface area contributed by atoms with Crippen molar-refractivity contribution in [3.63, 3.8) is 0 Å². The van der Waals surface area contributed by atoms with Crippen molar-refractivity contribution in [3.8, 4) is 0 Å². The maximum Gasteiger partial charge on any atom is 0.304 e. The highest BCUT2D eigenvalue weighted by atomic mass is 16.5. The molecule has 1 unspecified atom stereocenters. The smallest absolute Gasteiger partial charge is 0.304 e. The normalized spacial score (nSPS) is 12.7. The molecule has 0 saturated carbocycles. The highest BCUT2D eigenvalue weighted by Gasteiger charge is 2.08. The number of hydrogen-bond acceptors (Lipinski definition) is 4. The summed E-state index contributed by atoms with van der Waals surface area (Å²) in [5.41, 5.74) is 0.827. The minimum atomic E-state index is -0.807. The number of carboxylic acid groups (broad SMARTS) is 1. The van der Waals surface area contributed by atoms with E-state index in [9.17, 15) is 4.79 Å². The Labute approximate surface area is 82.1 Å². The van der Waals surface area contributed by atoms with Crippen LogP contribution in [0.15, 0.2) is 10.6 Å². The molecule has 1 aromatic rings. The maximum absolute atomic E-state index is 10.3. The number of aliphatic carboxylic acids is 1. The summed E-state index contributed by atoms with van der Waals surface area (Å²) < 4.78 is 4.96. The third kappa shape index (κ3) is 3.57. The summed E-state index contributed by atoms with van der Waals surface area (Å²) in [5, 5.41) is 15.3. The molecule has 0 fully saturated rings. The van der Waals surface area contributed by atoms with E-state index in [1.54, 1.807) is 0 Å². The quantitative estimate of drug-likeness (QED) is 0.736.